The van der Waals surface area contributed by atoms with Crippen LogP contribution in [0.3, 0.4) is 0 Å². The topological polar surface area (TPSA) is 91.5 Å². The van der Waals surface area contributed by atoms with Gasteiger partial charge in [-0.25, -0.2) is 9.97 Å². The molecule has 0 amide bonds. The number of nitrogens with two attached hydrogens (primary N) is 1. The second-order valence-electron chi connectivity index (χ2n) is 9.47. The lowest BCUT2D eigenvalue weighted by atomic mass is 9.70. The minimum absolute atomic E-state index is 0.0163. The standard InChI is InChI=1S/C26H31F3N4O3/c1-15(17-8-18(26(27,28)29)10-19(30)9-17)31-24-20-11-23(36-14-25(13-34-3)6-5-7-25)22(35-4)12-21(20)32-16(2)33-24/h8-12,15H,5-7,13-14,30H2,1-4H3,(H,31,32,33)/t15-/m1/s1. The van der Waals surface area contributed by atoms with Gasteiger partial charge in [0.2, 0.25) is 0 Å². The predicted molar refractivity (Wildman–Crippen MR) is 132 cm³/mol. The van der Waals surface area contributed by atoms with Gasteiger partial charge in [-0.15, -0.1) is 0 Å². The normalized spacial score (nSPS) is 15.9. The molecule has 1 heterocycles. The first-order valence-corrected chi connectivity index (χ1v) is 11.8. The number of alkyl halides is 3. The number of aromatic nitrogens is 2. The molecule has 10 heteroatoms. The van der Waals surface area contributed by atoms with E-state index in [1.807, 2.05) is 6.07 Å². The Bertz CT molecular complexity index is 1250. The molecule has 1 fully saturated rings. The average Bonchev–Trinajstić information content (AvgIpc) is 2.79. The van der Waals surface area contributed by atoms with E-state index in [4.69, 9.17) is 19.9 Å². The molecule has 2 aromatic carbocycles. The number of aryl methyl sites for hydroxylation is 1. The van der Waals surface area contributed by atoms with E-state index in [0.29, 0.717) is 52.8 Å². The van der Waals surface area contributed by atoms with Crippen LogP contribution in [-0.2, 0) is 10.9 Å². The van der Waals surface area contributed by atoms with Crippen LogP contribution in [0, 0.1) is 12.3 Å². The molecule has 3 aromatic rings. The molecule has 0 aliphatic heterocycles. The monoisotopic (exact) mass is 504 g/mol. The molecule has 3 N–H and O–H groups in total. The first kappa shape index (κ1) is 25.8. The van der Waals surface area contributed by atoms with Crippen molar-refractivity contribution in [2.45, 2.75) is 45.3 Å². The van der Waals surface area contributed by atoms with Crippen LogP contribution in [0.2, 0.25) is 0 Å². The number of hydrogen-bond acceptors (Lipinski definition) is 7. The third kappa shape index (κ3) is 5.43. The van der Waals surface area contributed by atoms with Crippen LogP contribution in [0.5, 0.6) is 11.5 Å². The van der Waals surface area contributed by atoms with E-state index in [-0.39, 0.29) is 11.1 Å². The molecular formula is C26H31F3N4O3. The van der Waals surface area contributed by atoms with Gasteiger partial charge in [-0.3, -0.25) is 0 Å². The number of nitrogens with zero attached hydrogens (tertiary/aromatic N) is 2. The predicted octanol–water partition coefficient (Wildman–Crippen LogP) is 5.92. The third-order valence-corrected chi connectivity index (χ3v) is 6.65. The van der Waals surface area contributed by atoms with Gasteiger partial charge in [0.05, 0.1) is 37.4 Å². The van der Waals surface area contributed by atoms with E-state index < -0.39 is 17.8 Å². The van der Waals surface area contributed by atoms with Crippen molar-refractivity contribution in [3.05, 3.63) is 47.3 Å². The summed E-state index contributed by atoms with van der Waals surface area (Å²) in [7, 11) is 3.25. The zero-order chi connectivity index (χ0) is 26.1. The minimum Gasteiger partial charge on any atom is -0.493 e. The van der Waals surface area contributed by atoms with E-state index in [2.05, 4.69) is 15.3 Å². The molecule has 7 nitrogen and oxygen atoms in total. The number of methoxy groups -OCH3 is 2. The maximum absolute atomic E-state index is 13.3. The van der Waals surface area contributed by atoms with Crippen LogP contribution < -0.4 is 20.5 Å². The molecule has 0 unspecified atom stereocenters. The number of benzene rings is 2. The molecule has 4 rings (SSSR count). The largest absolute Gasteiger partial charge is 0.493 e. The third-order valence-electron chi connectivity index (χ3n) is 6.65. The number of fused-ring (bicyclic) bond motifs is 1. The van der Waals surface area contributed by atoms with Gasteiger partial charge in [0, 0.05) is 29.7 Å². The summed E-state index contributed by atoms with van der Waals surface area (Å²) >= 11 is 0. The van der Waals surface area contributed by atoms with E-state index in [9.17, 15) is 13.2 Å². The molecule has 1 aliphatic carbocycles. The highest BCUT2D eigenvalue weighted by molar-refractivity contribution is 5.92. The second-order valence-corrected chi connectivity index (χ2v) is 9.47. The maximum Gasteiger partial charge on any atom is 0.416 e. The number of nitrogens with one attached hydrogen (secondary N) is 1. The van der Waals surface area contributed by atoms with Crippen LogP contribution in [0.15, 0.2) is 30.3 Å². The number of nitrogen functional groups attached to an aromatic ring is 1. The summed E-state index contributed by atoms with van der Waals surface area (Å²) in [5.41, 5.74) is 6.01. The van der Waals surface area contributed by atoms with Gasteiger partial charge in [-0.05, 0) is 56.5 Å². The Kier molecular flexibility index (Phi) is 7.17. The van der Waals surface area contributed by atoms with Gasteiger partial charge < -0.3 is 25.3 Å². The number of ether oxygens (including phenoxy) is 3. The Hall–Kier alpha value is -3.27. The Balaban J connectivity index is 1.67. The molecule has 1 aromatic heterocycles. The Labute approximate surface area is 208 Å². The number of hydrogen-bond donors (Lipinski definition) is 2. The lowest BCUT2D eigenvalue weighted by Crippen LogP contribution is -2.39. The fraction of sp³-hybridized carbons (Fsp3) is 0.462. The van der Waals surface area contributed by atoms with Crippen molar-refractivity contribution < 1.29 is 27.4 Å². The lowest BCUT2D eigenvalue weighted by Gasteiger charge is -2.40. The molecule has 36 heavy (non-hydrogen) atoms. The Morgan fingerprint density at radius 2 is 1.81 bits per heavy atom. The Morgan fingerprint density at radius 3 is 2.42 bits per heavy atom. The summed E-state index contributed by atoms with van der Waals surface area (Å²) in [5, 5.41) is 3.90. The van der Waals surface area contributed by atoms with E-state index in [1.54, 1.807) is 34.1 Å². The second kappa shape index (κ2) is 10.0. The molecule has 1 saturated carbocycles. The molecule has 0 saturated heterocycles. The van der Waals surface area contributed by atoms with Crippen molar-refractivity contribution in [2.75, 3.05) is 38.5 Å². The van der Waals surface area contributed by atoms with Gasteiger partial charge in [0.25, 0.3) is 0 Å². The van der Waals surface area contributed by atoms with Crippen LogP contribution in [0.4, 0.5) is 24.7 Å². The molecule has 1 atom stereocenters. The van der Waals surface area contributed by atoms with Crippen LogP contribution >= 0.6 is 0 Å². The van der Waals surface area contributed by atoms with Crippen LogP contribution in [0.25, 0.3) is 10.9 Å². The summed E-state index contributed by atoms with van der Waals surface area (Å²) in [5.74, 6) is 2.06. The van der Waals surface area contributed by atoms with Crippen LogP contribution in [0.1, 0.15) is 49.2 Å². The average molecular weight is 505 g/mol. The lowest BCUT2D eigenvalue weighted by molar-refractivity contribution is -0.137. The van der Waals surface area contributed by atoms with Gasteiger partial charge >= 0.3 is 6.18 Å². The minimum atomic E-state index is -4.49. The molecule has 194 valence electrons. The maximum atomic E-state index is 13.3. The zero-order valence-electron chi connectivity index (χ0n) is 20.8. The first-order valence-electron chi connectivity index (χ1n) is 11.8. The molecule has 0 bridgehead atoms. The van der Waals surface area contributed by atoms with Gasteiger partial charge in [-0.2, -0.15) is 13.2 Å². The van der Waals surface area contributed by atoms with E-state index in [1.165, 1.54) is 6.07 Å². The van der Waals surface area contributed by atoms with Crippen molar-refractivity contribution >= 4 is 22.4 Å². The van der Waals surface area contributed by atoms with Crippen molar-refractivity contribution in [1.29, 1.82) is 0 Å². The summed E-state index contributed by atoms with van der Waals surface area (Å²) in [4.78, 5) is 9.05. The van der Waals surface area contributed by atoms with Crippen molar-refractivity contribution in [3.8, 4) is 11.5 Å². The fourth-order valence-electron chi connectivity index (χ4n) is 4.56. The van der Waals surface area contributed by atoms with Gasteiger partial charge in [0.1, 0.15) is 11.6 Å². The van der Waals surface area contributed by atoms with Gasteiger partial charge in [-0.1, -0.05) is 6.42 Å². The van der Waals surface area contributed by atoms with Crippen molar-refractivity contribution in [3.63, 3.8) is 0 Å². The van der Waals surface area contributed by atoms with Crippen LogP contribution in [-0.4, -0.2) is 37.4 Å². The highest BCUT2D eigenvalue weighted by atomic mass is 19.4. The Morgan fingerprint density at radius 1 is 1.06 bits per heavy atom. The summed E-state index contributed by atoms with van der Waals surface area (Å²) < 4.78 is 57.1. The zero-order valence-corrected chi connectivity index (χ0v) is 20.8. The van der Waals surface area contributed by atoms with Crippen molar-refractivity contribution in [1.82, 2.24) is 9.97 Å². The number of halogens is 3. The molecule has 1 aliphatic rings. The first-order chi connectivity index (χ1) is 17.0. The summed E-state index contributed by atoms with van der Waals surface area (Å²) in [6.07, 6.45) is -1.29. The fourth-order valence-corrected chi connectivity index (χ4v) is 4.56. The number of anilines is 2. The highest BCUT2D eigenvalue weighted by Crippen LogP contribution is 2.43. The highest BCUT2D eigenvalue weighted by Gasteiger charge is 2.38. The summed E-state index contributed by atoms with van der Waals surface area (Å²) in [6.45, 7) is 4.61. The van der Waals surface area contributed by atoms with E-state index in [0.717, 1.165) is 31.4 Å². The molecule has 0 radical (unpaired) electrons. The molecular weight excluding hydrogens is 473 g/mol. The molecule has 0 spiro atoms. The summed E-state index contributed by atoms with van der Waals surface area (Å²) in [6, 6.07) is 6.61. The smallest absolute Gasteiger partial charge is 0.416 e. The van der Waals surface area contributed by atoms with Gasteiger partial charge in [0.15, 0.2) is 11.5 Å². The van der Waals surface area contributed by atoms with E-state index >= 15 is 0 Å². The van der Waals surface area contributed by atoms with Crippen molar-refractivity contribution in [2.24, 2.45) is 5.41 Å². The number of rotatable bonds is 9. The quantitative estimate of drug-likeness (QED) is 0.350. The SMILES string of the molecule is COCC1(COc2cc3c(N[C@H](C)c4cc(N)cc(C(F)(F)F)c4)nc(C)nc3cc2OC)CCC1.